The number of aromatic nitrogens is 2. The molecule has 1 heterocycles. The van der Waals surface area contributed by atoms with Crippen molar-refractivity contribution in [2.45, 2.75) is 6.61 Å². The Morgan fingerprint density at radius 1 is 1.00 bits per heavy atom. The smallest absolute Gasteiger partial charge is 0.222 e. The van der Waals surface area contributed by atoms with E-state index in [1.807, 2.05) is 30.3 Å². The fourth-order valence-electron chi connectivity index (χ4n) is 1.92. The molecule has 0 aliphatic carbocycles. The van der Waals surface area contributed by atoms with Crippen LogP contribution in [0.4, 0.5) is 0 Å². The van der Waals surface area contributed by atoms with Gasteiger partial charge in [0.15, 0.2) is 0 Å². The first-order chi connectivity index (χ1) is 9.33. The second-order valence-electron chi connectivity index (χ2n) is 4.08. The Labute approximate surface area is 115 Å². The van der Waals surface area contributed by atoms with Crippen LogP contribution in [0.5, 0.6) is 5.75 Å². The molecule has 0 spiro atoms. The predicted octanol–water partition coefficient (Wildman–Crippen LogP) is 3.86. The summed E-state index contributed by atoms with van der Waals surface area (Å²) in [7, 11) is 0. The third kappa shape index (κ3) is 2.66. The lowest BCUT2D eigenvalue weighted by molar-refractivity contribution is 0.305. The molecule has 0 atom stereocenters. The summed E-state index contributed by atoms with van der Waals surface area (Å²) in [6, 6.07) is 15.9. The zero-order chi connectivity index (χ0) is 13.1. The van der Waals surface area contributed by atoms with Gasteiger partial charge in [-0.25, -0.2) is 9.97 Å². The van der Waals surface area contributed by atoms with Crippen molar-refractivity contribution in [3.05, 3.63) is 65.7 Å². The summed E-state index contributed by atoms with van der Waals surface area (Å²) in [5.41, 5.74) is 0.757. The van der Waals surface area contributed by atoms with E-state index in [2.05, 4.69) is 22.1 Å². The predicted molar refractivity (Wildman–Crippen MR) is 75.3 cm³/mol. The summed E-state index contributed by atoms with van der Waals surface area (Å²) in [5.74, 6) is 0.841. The van der Waals surface area contributed by atoms with Crippen LogP contribution in [0.25, 0.3) is 10.8 Å². The first-order valence-electron chi connectivity index (χ1n) is 5.91. The number of fused-ring (bicyclic) bond motifs is 1. The minimum Gasteiger partial charge on any atom is -0.487 e. The van der Waals surface area contributed by atoms with E-state index in [4.69, 9.17) is 16.3 Å². The van der Waals surface area contributed by atoms with E-state index in [0.717, 1.165) is 22.2 Å². The van der Waals surface area contributed by atoms with Crippen molar-refractivity contribution < 1.29 is 4.74 Å². The summed E-state index contributed by atoms with van der Waals surface area (Å²) in [5, 5.41) is 2.48. The minimum absolute atomic E-state index is 0.235. The van der Waals surface area contributed by atoms with Crippen LogP contribution in [0, 0.1) is 0 Å². The van der Waals surface area contributed by atoms with E-state index >= 15 is 0 Å². The third-order valence-corrected chi connectivity index (χ3v) is 2.99. The van der Waals surface area contributed by atoms with E-state index < -0.39 is 0 Å². The van der Waals surface area contributed by atoms with Gasteiger partial charge in [-0.15, -0.1) is 0 Å². The largest absolute Gasteiger partial charge is 0.487 e. The molecule has 0 unspecified atom stereocenters. The molecule has 0 aliphatic heterocycles. The Hall–Kier alpha value is -2.13. The van der Waals surface area contributed by atoms with Gasteiger partial charge in [0, 0.05) is 11.6 Å². The van der Waals surface area contributed by atoms with E-state index in [1.165, 1.54) is 0 Å². The van der Waals surface area contributed by atoms with Crippen LogP contribution >= 0.6 is 11.6 Å². The molecule has 0 fully saturated rings. The molecule has 0 saturated carbocycles. The lowest BCUT2D eigenvalue weighted by Gasteiger charge is -2.08. The fraction of sp³-hybridized carbons (Fsp3) is 0.0667. The van der Waals surface area contributed by atoms with Crippen LogP contribution in [0.3, 0.4) is 0 Å². The first-order valence-corrected chi connectivity index (χ1v) is 6.29. The summed E-state index contributed by atoms with van der Waals surface area (Å²) in [4.78, 5) is 7.94. The van der Waals surface area contributed by atoms with E-state index in [0.29, 0.717) is 6.61 Å². The molecule has 3 nitrogen and oxygen atoms in total. The summed E-state index contributed by atoms with van der Waals surface area (Å²) >= 11 is 5.74. The normalized spacial score (nSPS) is 10.6. The molecular formula is C15H11ClN2O. The standard InChI is InChI=1S/C15H11ClN2O/c16-15-17-9-8-12(18-15)10-19-14-7-3-5-11-4-1-2-6-13(11)14/h1-9H,10H2. The molecule has 0 bridgehead atoms. The molecule has 4 heteroatoms. The topological polar surface area (TPSA) is 35.0 Å². The van der Waals surface area contributed by atoms with Crippen LogP contribution in [-0.4, -0.2) is 9.97 Å². The van der Waals surface area contributed by atoms with Gasteiger partial charge in [0.05, 0.1) is 5.69 Å². The molecule has 0 N–H and O–H groups in total. The SMILES string of the molecule is Clc1nccc(COc2cccc3ccccc23)n1. The molecule has 3 aromatic rings. The van der Waals surface area contributed by atoms with Crippen molar-refractivity contribution in [1.82, 2.24) is 9.97 Å². The molecule has 3 rings (SSSR count). The van der Waals surface area contributed by atoms with E-state index in [1.54, 1.807) is 12.3 Å². The number of rotatable bonds is 3. The maximum Gasteiger partial charge on any atom is 0.222 e. The van der Waals surface area contributed by atoms with Crippen LogP contribution in [0.15, 0.2) is 54.7 Å². The van der Waals surface area contributed by atoms with E-state index in [-0.39, 0.29) is 5.28 Å². The monoisotopic (exact) mass is 270 g/mol. The van der Waals surface area contributed by atoms with Crippen LogP contribution < -0.4 is 4.74 Å². The van der Waals surface area contributed by atoms with Gasteiger partial charge in [-0.1, -0.05) is 36.4 Å². The summed E-state index contributed by atoms with van der Waals surface area (Å²) in [6.45, 7) is 0.371. The highest BCUT2D eigenvalue weighted by atomic mass is 35.5. The molecule has 94 valence electrons. The molecule has 1 aromatic heterocycles. The lowest BCUT2D eigenvalue weighted by Crippen LogP contribution is -1.99. The Kier molecular flexibility index (Phi) is 3.29. The average Bonchev–Trinajstić information content (AvgIpc) is 2.45. The zero-order valence-corrected chi connectivity index (χ0v) is 10.8. The molecular weight excluding hydrogens is 260 g/mol. The van der Waals surface area contributed by atoms with E-state index in [9.17, 15) is 0 Å². The van der Waals surface area contributed by atoms with Crippen molar-refractivity contribution in [2.24, 2.45) is 0 Å². The number of nitrogens with zero attached hydrogens (tertiary/aromatic N) is 2. The van der Waals surface area contributed by atoms with Gasteiger partial charge in [-0.05, 0) is 29.1 Å². The first kappa shape index (κ1) is 11.9. The van der Waals surface area contributed by atoms with Crippen molar-refractivity contribution in [3.8, 4) is 5.75 Å². The maximum absolute atomic E-state index is 5.81. The van der Waals surface area contributed by atoms with Gasteiger partial charge in [-0.2, -0.15) is 0 Å². The number of halogens is 1. The second-order valence-corrected chi connectivity index (χ2v) is 4.42. The molecule has 0 radical (unpaired) electrons. The molecule has 2 aromatic carbocycles. The van der Waals surface area contributed by atoms with Gasteiger partial charge >= 0.3 is 0 Å². The van der Waals surface area contributed by atoms with Gasteiger partial charge in [0.25, 0.3) is 0 Å². The highest BCUT2D eigenvalue weighted by Gasteiger charge is 2.03. The van der Waals surface area contributed by atoms with Crippen LogP contribution in [0.2, 0.25) is 5.28 Å². The fourth-order valence-corrected chi connectivity index (χ4v) is 2.09. The van der Waals surface area contributed by atoms with Gasteiger partial charge in [0.2, 0.25) is 5.28 Å². The Balaban J connectivity index is 1.86. The maximum atomic E-state index is 5.81. The molecule has 0 amide bonds. The van der Waals surface area contributed by atoms with Crippen molar-refractivity contribution in [1.29, 1.82) is 0 Å². The van der Waals surface area contributed by atoms with Crippen molar-refractivity contribution >= 4 is 22.4 Å². The highest BCUT2D eigenvalue weighted by Crippen LogP contribution is 2.25. The Morgan fingerprint density at radius 3 is 2.74 bits per heavy atom. The van der Waals surface area contributed by atoms with Gasteiger partial charge < -0.3 is 4.74 Å². The third-order valence-electron chi connectivity index (χ3n) is 2.81. The zero-order valence-electron chi connectivity index (χ0n) is 10.1. The molecule has 0 aliphatic rings. The number of hydrogen-bond acceptors (Lipinski definition) is 3. The Morgan fingerprint density at radius 2 is 1.84 bits per heavy atom. The number of benzene rings is 2. The van der Waals surface area contributed by atoms with Crippen molar-refractivity contribution in [3.63, 3.8) is 0 Å². The van der Waals surface area contributed by atoms with Crippen LogP contribution in [-0.2, 0) is 6.61 Å². The Bertz CT molecular complexity index is 710. The van der Waals surface area contributed by atoms with Gasteiger partial charge in [-0.3, -0.25) is 0 Å². The number of hydrogen-bond donors (Lipinski definition) is 0. The highest BCUT2D eigenvalue weighted by molar-refractivity contribution is 6.28. The molecule has 0 saturated heterocycles. The summed E-state index contributed by atoms with van der Waals surface area (Å²) in [6.07, 6.45) is 1.62. The minimum atomic E-state index is 0.235. The quantitative estimate of drug-likeness (QED) is 0.678. The molecule has 19 heavy (non-hydrogen) atoms. The second kappa shape index (κ2) is 5.24. The average molecular weight is 271 g/mol. The summed E-state index contributed by atoms with van der Waals surface area (Å²) < 4.78 is 5.81. The van der Waals surface area contributed by atoms with Crippen LogP contribution in [0.1, 0.15) is 5.69 Å². The number of ether oxygens (including phenoxy) is 1. The lowest BCUT2D eigenvalue weighted by atomic mass is 10.1. The van der Waals surface area contributed by atoms with Crippen molar-refractivity contribution in [2.75, 3.05) is 0 Å². The van der Waals surface area contributed by atoms with Gasteiger partial charge in [0.1, 0.15) is 12.4 Å².